The van der Waals surface area contributed by atoms with E-state index in [0.29, 0.717) is 11.1 Å². The van der Waals surface area contributed by atoms with Gasteiger partial charge in [-0.25, -0.2) is 8.78 Å². The molecule has 3 heterocycles. The SMILES string of the molecule is CN1CCC(N(Cc2ccc(-c3ccc(C(F)(F)F)cc3)cc2)C(=O)Cn2cc(Cc3cnn(C)c3)c(=O)nc2SCc2cccc(F)c2F)CC1.O=C(O)CCC(=O)O.O=C(O)CCC(=O)O. The summed E-state index contributed by atoms with van der Waals surface area (Å²) >= 11 is 1.04. The third-order valence-corrected chi connectivity index (χ3v) is 11.3. The fourth-order valence-electron chi connectivity index (χ4n) is 6.70. The number of aromatic nitrogens is 4. The van der Waals surface area contributed by atoms with Crippen LogP contribution in [0.1, 0.15) is 66.3 Å². The maximum Gasteiger partial charge on any atom is 0.416 e. The minimum Gasteiger partial charge on any atom is -0.481 e. The Morgan fingerprint density at radius 3 is 1.79 bits per heavy atom. The molecule has 2 aromatic heterocycles. The second-order valence-corrected chi connectivity index (χ2v) is 16.5. The van der Waals surface area contributed by atoms with Crippen molar-refractivity contribution < 1.29 is 66.4 Å². The molecule has 4 N–H and O–H groups in total. The second kappa shape index (κ2) is 25.3. The Balaban J connectivity index is 0.000000539. The van der Waals surface area contributed by atoms with Gasteiger partial charge in [-0.1, -0.05) is 60.3 Å². The van der Waals surface area contributed by atoms with E-state index in [-0.39, 0.29) is 73.6 Å². The van der Waals surface area contributed by atoms with Gasteiger partial charge >= 0.3 is 30.1 Å². The molecule has 364 valence electrons. The maximum absolute atomic E-state index is 14.5. The van der Waals surface area contributed by atoms with E-state index in [4.69, 9.17) is 20.4 Å². The summed E-state index contributed by atoms with van der Waals surface area (Å²) in [5, 5.41) is 36.0. The summed E-state index contributed by atoms with van der Waals surface area (Å²) in [6.07, 6.45) is 1.18. The van der Waals surface area contributed by atoms with E-state index in [1.165, 1.54) is 24.3 Å². The van der Waals surface area contributed by atoms with Crippen LogP contribution in [0.4, 0.5) is 22.0 Å². The number of thioether (sulfide) groups is 1. The Labute approximate surface area is 390 Å². The van der Waals surface area contributed by atoms with Crippen molar-refractivity contribution in [3.05, 3.63) is 135 Å². The lowest BCUT2D eigenvalue weighted by molar-refractivity contribution is -0.143. The van der Waals surface area contributed by atoms with Crippen molar-refractivity contribution in [2.24, 2.45) is 7.05 Å². The first kappa shape index (κ1) is 53.7. The van der Waals surface area contributed by atoms with Crippen LogP contribution in [0.3, 0.4) is 0 Å². The summed E-state index contributed by atoms with van der Waals surface area (Å²) in [4.78, 5) is 74.5. The Hall–Kier alpha value is -6.94. The molecule has 1 fully saturated rings. The van der Waals surface area contributed by atoms with Crippen LogP contribution >= 0.6 is 11.8 Å². The van der Waals surface area contributed by atoms with Crippen molar-refractivity contribution in [3.63, 3.8) is 0 Å². The van der Waals surface area contributed by atoms with E-state index in [2.05, 4.69) is 15.0 Å². The monoisotopic (exact) mass is 972 g/mol. The molecule has 0 aliphatic carbocycles. The van der Waals surface area contributed by atoms with E-state index in [1.807, 2.05) is 36.2 Å². The molecule has 16 nitrogen and oxygen atoms in total. The molecule has 5 aromatic rings. The number of carbonyl (C=O) groups is 5. The highest BCUT2D eigenvalue weighted by molar-refractivity contribution is 7.98. The van der Waals surface area contributed by atoms with Gasteiger partial charge in [0, 0.05) is 55.3 Å². The van der Waals surface area contributed by atoms with Crippen LogP contribution in [0, 0.1) is 11.6 Å². The topological polar surface area (TPSA) is 225 Å². The first-order chi connectivity index (χ1) is 32.1. The van der Waals surface area contributed by atoms with Gasteiger partial charge < -0.3 is 34.8 Å². The number of piperidine rings is 1. The number of aliphatic carboxylic acids is 4. The van der Waals surface area contributed by atoms with Gasteiger partial charge in [0.2, 0.25) is 5.91 Å². The zero-order valence-corrected chi connectivity index (χ0v) is 37.7. The zero-order chi connectivity index (χ0) is 50.1. The number of carboxylic acids is 4. The van der Waals surface area contributed by atoms with Crippen molar-refractivity contribution in [1.82, 2.24) is 29.1 Å². The highest BCUT2D eigenvalue weighted by Gasteiger charge is 2.30. The predicted octanol–water partition coefficient (Wildman–Crippen LogP) is 6.82. The highest BCUT2D eigenvalue weighted by Crippen LogP contribution is 2.31. The zero-order valence-electron chi connectivity index (χ0n) is 36.9. The summed E-state index contributed by atoms with van der Waals surface area (Å²) in [6, 6.07) is 16.2. The number of hydrogen-bond donors (Lipinski definition) is 4. The quantitative estimate of drug-likeness (QED) is 0.0427. The number of likely N-dealkylation sites (tertiary alicyclic amines) is 1. The summed E-state index contributed by atoms with van der Waals surface area (Å²) in [5.41, 5.74) is 2.25. The summed E-state index contributed by atoms with van der Waals surface area (Å²) < 4.78 is 71.0. The molecule has 6 rings (SSSR count). The average Bonchev–Trinajstić information content (AvgIpc) is 3.70. The molecule has 0 spiro atoms. The predicted molar refractivity (Wildman–Crippen MR) is 237 cm³/mol. The second-order valence-electron chi connectivity index (χ2n) is 15.6. The molecular weight excluding hydrogens is 924 g/mol. The summed E-state index contributed by atoms with van der Waals surface area (Å²) in [5.74, 6) is -6.49. The average molecular weight is 973 g/mol. The molecule has 0 unspecified atom stereocenters. The summed E-state index contributed by atoms with van der Waals surface area (Å²) in [6.45, 7) is 1.73. The number of carbonyl (C=O) groups excluding carboxylic acids is 1. The Kier molecular flexibility index (Phi) is 19.9. The highest BCUT2D eigenvalue weighted by atomic mass is 32.2. The molecule has 22 heteroatoms. The minimum absolute atomic E-state index is 0.0177. The third kappa shape index (κ3) is 17.4. The van der Waals surface area contributed by atoms with Gasteiger partial charge in [0.15, 0.2) is 16.8 Å². The number of hydrogen-bond acceptors (Lipinski definition) is 10. The van der Waals surface area contributed by atoms with E-state index >= 15 is 0 Å². The molecule has 1 aliphatic rings. The van der Waals surface area contributed by atoms with Crippen LogP contribution in [-0.4, -0.2) is 106 Å². The first-order valence-corrected chi connectivity index (χ1v) is 21.8. The minimum atomic E-state index is -4.42. The van der Waals surface area contributed by atoms with Crippen molar-refractivity contribution in [3.8, 4) is 11.1 Å². The lowest BCUT2D eigenvalue weighted by Gasteiger charge is -2.37. The molecule has 1 saturated heterocycles. The van der Waals surface area contributed by atoms with E-state index in [1.54, 1.807) is 34.9 Å². The molecule has 1 amide bonds. The lowest BCUT2D eigenvalue weighted by atomic mass is 10.0. The Bertz CT molecular complexity index is 2530. The molecule has 1 aliphatic heterocycles. The van der Waals surface area contributed by atoms with Crippen LogP contribution in [0.25, 0.3) is 11.1 Å². The normalized spacial score (nSPS) is 12.8. The lowest BCUT2D eigenvalue weighted by Crippen LogP contribution is -2.47. The molecule has 0 radical (unpaired) electrons. The maximum atomic E-state index is 14.5. The fraction of sp³-hybridized carbons (Fsp3) is 0.348. The molecule has 3 aromatic carbocycles. The van der Waals surface area contributed by atoms with Gasteiger partial charge in [-0.15, -0.1) is 0 Å². The van der Waals surface area contributed by atoms with Gasteiger partial charge in [-0.3, -0.25) is 33.4 Å². The van der Waals surface area contributed by atoms with Gasteiger partial charge in [-0.2, -0.15) is 23.3 Å². The van der Waals surface area contributed by atoms with Crippen molar-refractivity contribution in [2.75, 3.05) is 20.1 Å². The number of aryl methyl sites for hydroxylation is 1. The fourth-order valence-corrected chi connectivity index (χ4v) is 7.64. The van der Waals surface area contributed by atoms with Crippen LogP contribution in [-0.2, 0) is 62.5 Å². The van der Waals surface area contributed by atoms with Gasteiger partial charge in [-0.05, 0) is 73.4 Å². The van der Waals surface area contributed by atoms with Crippen LogP contribution in [0.15, 0.2) is 95.3 Å². The van der Waals surface area contributed by atoms with Gasteiger partial charge in [0.25, 0.3) is 5.56 Å². The number of nitrogens with zero attached hydrogens (tertiary/aromatic N) is 6. The van der Waals surface area contributed by atoms with E-state index in [9.17, 15) is 50.7 Å². The third-order valence-electron chi connectivity index (χ3n) is 10.3. The number of amides is 1. The van der Waals surface area contributed by atoms with Crippen LogP contribution in [0.5, 0.6) is 0 Å². The number of rotatable bonds is 17. The van der Waals surface area contributed by atoms with Crippen LogP contribution in [0.2, 0.25) is 0 Å². The largest absolute Gasteiger partial charge is 0.481 e. The van der Waals surface area contributed by atoms with Gasteiger partial charge in [0.1, 0.15) is 6.54 Å². The molecule has 0 bridgehead atoms. The smallest absolute Gasteiger partial charge is 0.416 e. The van der Waals surface area contributed by atoms with E-state index in [0.717, 1.165) is 72.6 Å². The first-order valence-electron chi connectivity index (χ1n) is 20.8. The number of benzene rings is 3. The van der Waals surface area contributed by atoms with Crippen molar-refractivity contribution in [1.29, 1.82) is 0 Å². The van der Waals surface area contributed by atoms with E-state index < -0.39 is 52.8 Å². The number of alkyl halides is 3. The summed E-state index contributed by atoms with van der Waals surface area (Å²) in [7, 11) is 3.80. The molecule has 68 heavy (non-hydrogen) atoms. The van der Waals surface area contributed by atoms with Crippen LogP contribution < -0.4 is 5.56 Å². The van der Waals surface area contributed by atoms with Gasteiger partial charge in [0.05, 0.1) is 37.4 Å². The Morgan fingerprint density at radius 2 is 1.29 bits per heavy atom. The molecule has 0 atom stereocenters. The number of halogens is 5. The molecule has 0 saturated carbocycles. The standard InChI is InChI=1S/C38H37F5N6O2S.2C4H6O4/c1-46-16-14-32(15-17-46)49(21-25-6-8-27(9-7-25)28-10-12-31(13-11-28)38(41,42)43)34(50)23-48-22-30(18-26-19-44-47(2)20-26)36(51)45-37(48)52-24-29-4-3-5-33(39)35(29)40;2*5-3(6)1-2-4(7)8/h3-13,19-20,22,32H,14-18,21,23-24H2,1-2H3;2*1-2H2,(H,5,6)(H,7,8). The van der Waals surface area contributed by atoms with Crippen molar-refractivity contribution in [2.45, 2.75) is 81.2 Å². The Morgan fingerprint density at radius 1 is 0.750 bits per heavy atom. The molecular formula is C46H49F5N6O10S. The van der Waals surface area contributed by atoms with Crippen molar-refractivity contribution >= 4 is 41.5 Å². The number of carboxylic acid groups (broad SMARTS) is 4.